The van der Waals surface area contributed by atoms with Gasteiger partial charge in [-0.1, -0.05) is 170 Å². The van der Waals surface area contributed by atoms with Gasteiger partial charge in [-0.25, -0.2) is 19.9 Å². The summed E-state index contributed by atoms with van der Waals surface area (Å²) in [6, 6.07) is 67.5. The maximum absolute atomic E-state index is 5.18. The second kappa shape index (κ2) is 13.4. The fourth-order valence-corrected chi connectivity index (χ4v) is 7.28. The van der Waals surface area contributed by atoms with Crippen LogP contribution in [0.5, 0.6) is 0 Å². The molecule has 2 heterocycles. The van der Waals surface area contributed by atoms with Gasteiger partial charge in [0.2, 0.25) is 0 Å². The van der Waals surface area contributed by atoms with Gasteiger partial charge in [0.1, 0.15) is 0 Å². The molecule has 10 rings (SSSR count). The molecule has 8 aromatic carbocycles. The molecule has 4 nitrogen and oxygen atoms in total. The number of hydrogen-bond donors (Lipinski definition) is 0. The first-order valence-electron chi connectivity index (χ1n) is 18.1. The lowest BCUT2D eigenvalue weighted by atomic mass is 9.99. The second-order valence-electron chi connectivity index (χ2n) is 13.5. The summed E-state index contributed by atoms with van der Waals surface area (Å²) in [7, 11) is 0. The van der Waals surface area contributed by atoms with Crippen molar-refractivity contribution in [2.75, 3.05) is 0 Å². The smallest absolute Gasteiger partial charge is 0.160 e. The summed E-state index contributed by atoms with van der Waals surface area (Å²) in [6.45, 7) is 0. The van der Waals surface area contributed by atoms with E-state index in [0.29, 0.717) is 11.6 Å². The van der Waals surface area contributed by atoms with Crippen LogP contribution in [0.15, 0.2) is 194 Å². The van der Waals surface area contributed by atoms with Gasteiger partial charge in [-0.3, -0.25) is 0 Å². The third-order valence-electron chi connectivity index (χ3n) is 10.1. The van der Waals surface area contributed by atoms with Crippen LogP contribution in [0.3, 0.4) is 0 Å². The van der Waals surface area contributed by atoms with Gasteiger partial charge in [0.05, 0.1) is 22.4 Å². The molecule has 0 saturated carbocycles. The Morgan fingerprint density at radius 1 is 0.241 bits per heavy atom. The minimum absolute atomic E-state index is 0.700. The van der Waals surface area contributed by atoms with Crippen molar-refractivity contribution in [1.82, 2.24) is 19.9 Å². The summed E-state index contributed by atoms with van der Waals surface area (Å²) in [6.07, 6.45) is 0. The first kappa shape index (κ1) is 31.4. The molecule has 0 atom stereocenters. The Bertz CT molecular complexity index is 2960. The molecule has 4 heteroatoms. The van der Waals surface area contributed by atoms with Gasteiger partial charge in [0, 0.05) is 33.0 Å². The van der Waals surface area contributed by atoms with Crippen LogP contribution in [0.1, 0.15) is 0 Å². The number of para-hydroxylation sites is 2. The zero-order valence-electron chi connectivity index (χ0n) is 29.3. The van der Waals surface area contributed by atoms with E-state index in [1.807, 2.05) is 36.4 Å². The molecule has 0 unspecified atom stereocenters. The van der Waals surface area contributed by atoms with Crippen molar-refractivity contribution < 1.29 is 0 Å². The van der Waals surface area contributed by atoms with Crippen LogP contribution in [0.25, 0.3) is 100 Å². The fraction of sp³-hybridized carbons (Fsp3) is 0. The predicted octanol–water partition coefficient (Wildman–Crippen LogP) is 12.7. The molecule has 0 fully saturated rings. The zero-order chi connectivity index (χ0) is 35.8. The molecule has 0 bridgehead atoms. The topological polar surface area (TPSA) is 51.6 Å². The number of aromatic nitrogens is 4. The zero-order valence-corrected chi connectivity index (χ0v) is 29.3. The van der Waals surface area contributed by atoms with E-state index in [-0.39, 0.29) is 0 Å². The summed E-state index contributed by atoms with van der Waals surface area (Å²) >= 11 is 0. The number of benzene rings is 8. The van der Waals surface area contributed by atoms with E-state index < -0.39 is 0 Å². The predicted molar refractivity (Wildman–Crippen MR) is 223 cm³/mol. The Morgan fingerprint density at radius 3 is 1.17 bits per heavy atom. The van der Waals surface area contributed by atoms with E-state index >= 15 is 0 Å². The Kier molecular flexibility index (Phi) is 7.77. The van der Waals surface area contributed by atoms with Gasteiger partial charge >= 0.3 is 0 Å². The summed E-state index contributed by atoms with van der Waals surface area (Å²) in [5.41, 5.74) is 12.4. The molecular weight excluding hydrogens is 657 g/mol. The fourth-order valence-electron chi connectivity index (χ4n) is 7.28. The van der Waals surface area contributed by atoms with E-state index in [1.165, 1.54) is 16.7 Å². The highest BCUT2D eigenvalue weighted by atomic mass is 14.9. The van der Waals surface area contributed by atoms with Crippen LogP contribution in [-0.4, -0.2) is 19.9 Å². The molecule has 0 amide bonds. The summed E-state index contributed by atoms with van der Waals surface area (Å²) < 4.78 is 0. The van der Waals surface area contributed by atoms with Gasteiger partial charge in [0.15, 0.2) is 11.6 Å². The normalized spacial score (nSPS) is 11.3. The Morgan fingerprint density at radius 2 is 0.611 bits per heavy atom. The van der Waals surface area contributed by atoms with Crippen LogP contribution in [-0.2, 0) is 0 Å². The highest BCUT2D eigenvalue weighted by molar-refractivity contribution is 5.98. The standard InChI is InChI=1S/C50H32N4/c1-3-11-33(12-4-1)35-19-23-37(24-20-35)47-43-15-7-9-17-45(43)52-50(53-47)42-30-28-39-31-41(29-27-40(39)32-42)48-44-16-8-10-18-46(44)51-49(54-48)38-25-21-36(22-26-38)34-13-5-2-6-14-34/h1-32H. The number of nitrogens with zero attached hydrogens (tertiary/aromatic N) is 4. The van der Waals surface area contributed by atoms with Gasteiger partial charge in [-0.15, -0.1) is 0 Å². The lowest BCUT2D eigenvalue weighted by Crippen LogP contribution is -1.96. The average molecular weight is 689 g/mol. The number of fused-ring (bicyclic) bond motifs is 3. The van der Waals surface area contributed by atoms with Crippen molar-refractivity contribution in [1.29, 1.82) is 0 Å². The van der Waals surface area contributed by atoms with Crippen molar-refractivity contribution >= 4 is 32.6 Å². The molecule has 0 aliphatic carbocycles. The SMILES string of the molecule is c1ccc(-c2ccc(-c3nc(-c4ccc5cc(-c6nc(-c7ccc(-c8ccccc8)cc7)c7ccccc7n6)ccc5c4)c4ccccc4n3)cc2)cc1. The summed E-state index contributed by atoms with van der Waals surface area (Å²) in [4.78, 5) is 20.4. The second-order valence-corrected chi connectivity index (χ2v) is 13.5. The summed E-state index contributed by atoms with van der Waals surface area (Å²) in [5.74, 6) is 1.41. The molecular formula is C50H32N4. The Hall–Kier alpha value is -7.30. The molecule has 0 N–H and O–H groups in total. The van der Waals surface area contributed by atoms with Gasteiger partial charge in [-0.05, 0) is 57.3 Å². The third-order valence-corrected chi connectivity index (χ3v) is 10.1. The number of hydrogen-bond acceptors (Lipinski definition) is 4. The van der Waals surface area contributed by atoms with Gasteiger partial charge in [0.25, 0.3) is 0 Å². The highest BCUT2D eigenvalue weighted by Crippen LogP contribution is 2.35. The lowest BCUT2D eigenvalue weighted by molar-refractivity contribution is 1.23. The molecule has 10 aromatic rings. The minimum Gasteiger partial charge on any atom is -0.228 e. The highest BCUT2D eigenvalue weighted by Gasteiger charge is 2.15. The van der Waals surface area contributed by atoms with Crippen molar-refractivity contribution in [3.05, 3.63) is 194 Å². The minimum atomic E-state index is 0.700. The Balaban J connectivity index is 1.02. The maximum atomic E-state index is 5.18. The van der Waals surface area contributed by atoms with Crippen molar-refractivity contribution in [3.63, 3.8) is 0 Å². The quantitative estimate of drug-likeness (QED) is 0.174. The Labute approximate surface area is 313 Å². The molecule has 0 spiro atoms. The molecule has 0 radical (unpaired) electrons. The van der Waals surface area contributed by atoms with E-state index in [0.717, 1.165) is 71.8 Å². The largest absolute Gasteiger partial charge is 0.228 e. The lowest BCUT2D eigenvalue weighted by Gasteiger charge is -2.12. The molecule has 0 aliphatic heterocycles. The van der Waals surface area contributed by atoms with Crippen molar-refractivity contribution in [2.24, 2.45) is 0 Å². The van der Waals surface area contributed by atoms with Crippen LogP contribution in [0.4, 0.5) is 0 Å². The van der Waals surface area contributed by atoms with Crippen LogP contribution in [0, 0.1) is 0 Å². The molecule has 54 heavy (non-hydrogen) atoms. The first-order chi connectivity index (χ1) is 26.7. The van der Waals surface area contributed by atoms with Crippen molar-refractivity contribution in [2.45, 2.75) is 0 Å². The first-order valence-corrected chi connectivity index (χ1v) is 18.1. The van der Waals surface area contributed by atoms with E-state index in [9.17, 15) is 0 Å². The number of rotatable bonds is 6. The molecule has 0 aliphatic rings. The molecule has 0 saturated heterocycles. The van der Waals surface area contributed by atoms with E-state index in [1.54, 1.807) is 0 Å². The molecule has 2 aromatic heterocycles. The van der Waals surface area contributed by atoms with Crippen LogP contribution >= 0.6 is 0 Å². The monoisotopic (exact) mass is 688 g/mol. The van der Waals surface area contributed by atoms with Crippen LogP contribution in [0.2, 0.25) is 0 Å². The van der Waals surface area contributed by atoms with Gasteiger partial charge in [-0.2, -0.15) is 0 Å². The third kappa shape index (κ3) is 5.86. The average Bonchev–Trinajstić information content (AvgIpc) is 3.26. The van der Waals surface area contributed by atoms with Crippen molar-refractivity contribution in [3.8, 4) is 67.5 Å². The van der Waals surface area contributed by atoms with E-state index in [2.05, 4.69) is 158 Å². The van der Waals surface area contributed by atoms with E-state index in [4.69, 9.17) is 19.9 Å². The van der Waals surface area contributed by atoms with Crippen LogP contribution < -0.4 is 0 Å². The molecule has 252 valence electrons. The maximum Gasteiger partial charge on any atom is 0.160 e. The summed E-state index contributed by atoms with van der Waals surface area (Å²) in [5, 5.41) is 4.27. The van der Waals surface area contributed by atoms with Gasteiger partial charge < -0.3 is 0 Å².